The summed E-state index contributed by atoms with van der Waals surface area (Å²) in [5, 5.41) is 3.52. The highest BCUT2D eigenvalue weighted by molar-refractivity contribution is 7.91. The molecule has 0 spiro atoms. The van der Waals surface area contributed by atoms with Crippen LogP contribution < -0.4 is 5.32 Å². The lowest BCUT2D eigenvalue weighted by atomic mass is 9.97. The average Bonchev–Trinajstić information content (AvgIpc) is 3.18. The van der Waals surface area contributed by atoms with Gasteiger partial charge in [0, 0.05) is 25.2 Å². The van der Waals surface area contributed by atoms with Crippen molar-refractivity contribution in [3.8, 4) is 11.3 Å². The number of nitrogens with one attached hydrogen (secondary N) is 1. The second kappa shape index (κ2) is 7.23. The molecular formula is C20H23N5O2S2. The zero-order valence-electron chi connectivity index (χ0n) is 16.2. The molecule has 1 unspecified atom stereocenters. The van der Waals surface area contributed by atoms with Gasteiger partial charge >= 0.3 is 0 Å². The molecule has 1 N–H and O–H groups in total. The number of aromatic nitrogens is 3. The molecule has 2 aromatic heterocycles. The van der Waals surface area contributed by atoms with Gasteiger partial charge in [-0.05, 0) is 31.2 Å². The normalized spacial score (nSPS) is 20.2. The maximum Gasteiger partial charge on any atom is 0.254 e. The summed E-state index contributed by atoms with van der Waals surface area (Å²) < 4.78 is 30.9. The van der Waals surface area contributed by atoms with Gasteiger partial charge in [-0.3, -0.25) is 0 Å². The van der Waals surface area contributed by atoms with Crippen LogP contribution in [0.15, 0.2) is 47.2 Å². The van der Waals surface area contributed by atoms with E-state index in [1.807, 2.05) is 24.7 Å². The molecule has 29 heavy (non-hydrogen) atoms. The molecule has 1 saturated heterocycles. The third-order valence-corrected chi connectivity index (χ3v) is 9.03. The molecule has 1 atom stereocenters. The van der Waals surface area contributed by atoms with Crippen molar-refractivity contribution in [3.05, 3.63) is 48.5 Å². The van der Waals surface area contributed by atoms with Gasteiger partial charge < -0.3 is 9.88 Å². The van der Waals surface area contributed by atoms with Gasteiger partial charge in [-0.15, -0.1) is 0 Å². The number of thiazole rings is 1. The molecule has 3 heterocycles. The lowest BCUT2D eigenvalue weighted by Crippen LogP contribution is -2.30. The highest BCUT2D eigenvalue weighted by atomic mass is 32.2. The Morgan fingerprint density at radius 2 is 2.00 bits per heavy atom. The van der Waals surface area contributed by atoms with Crippen LogP contribution in [0.2, 0.25) is 0 Å². The summed E-state index contributed by atoms with van der Waals surface area (Å²) in [6, 6.07) is 8.48. The molecule has 3 aromatic rings. The molecule has 9 heteroatoms. The van der Waals surface area contributed by atoms with Crippen molar-refractivity contribution < 1.29 is 8.42 Å². The Morgan fingerprint density at radius 1 is 1.17 bits per heavy atom. The molecule has 152 valence electrons. The maximum absolute atomic E-state index is 13.4. The van der Waals surface area contributed by atoms with Crippen LogP contribution in [0.25, 0.3) is 11.3 Å². The molecule has 1 aliphatic heterocycles. The van der Waals surface area contributed by atoms with Crippen LogP contribution in [-0.2, 0) is 10.0 Å². The van der Waals surface area contributed by atoms with Crippen molar-refractivity contribution in [2.45, 2.75) is 42.0 Å². The van der Waals surface area contributed by atoms with Crippen molar-refractivity contribution >= 4 is 26.5 Å². The van der Waals surface area contributed by atoms with E-state index in [1.165, 1.54) is 30.4 Å². The van der Waals surface area contributed by atoms with Gasteiger partial charge in [0.25, 0.3) is 10.0 Å². The maximum atomic E-state index is 13.4. The molecule has 2 aliphatic rings. The van der Waals surface area contributed by atoms with E-state index in [1.54, 1.807) is 11.4 Å². The summed E-state index contributed by atoms with van der Waals surface area (Å²) in [4.78, 5) is 8.53. The molecule has 2 fully saturated rings. The van der Waals surface area contributed by atoms with Crippen LogP contribution in [-0.4, -0.2) is 40.9 Å². The number of hydrogen-bond donors (Lipinski definition) is 1. The first-order valence-corrected chi connectivity index (χ1v) is 12.1. The van der Waals surface area contributed by atoms with E-state index in [2.05, 4.69) is 32.0 Å². The highest BCUT2D eigenvalue weighted by Gasteiger charge is 2.38. The van der Waals surface area contributed by atoms with E-state index in [9.17, 15) is 8.42 Å². The van der Waals surface area contributed by atoms with Gasteiger partial charge in [-0.2, -0.15) is 4.31 Å². The predicted octanol–water partition coefficient (Wildman–Crippen LogP) is 3.91. The number of benzene rings is 1. The third kappa shape index (κ3) is 3.27. The van der Waals surface area contributed by atoms with Crippen LogP contribution in [0.1, 0.15) is 43.3 Å². The first-order chi connectivity index (χ1) is 14.1. The Balaban J connectivity index is 1.55. The smallest absolute Gasteiger partial charge is 0.254 e. The second-order valence-corrected chi connectivity index (χ2v) is 10.7. The molecule has 5 rings (SSSR count). The van der Waals surface area contributed by atoms with Crippen LogP contribution in [0.3, 0.4) is 0 Å². The fourth-order valence-electron chi connectivity index (χ4n) is 4.13. The minimum Gasteiger partial charge on any atom is -0.365 e. The van der Waals surface area contributed by atoms with Crippen LogP contribution >= 0.6 is 11.3 Å². The Labute approximate surface area is 174 Å². The van der Waals surface area contributed by atoms with Crippen molar-refractivity contribution in [1.29, 1.82) is 0 Å². The van der Waals surface area contributed by atoms with E-state index in [0.717, 1.165) is 29.7 Å². The second-order valence-electron chi connectivity index (χ2n) is 7.51. The van der Waals surface area contributed by atoms with Crippen LogP contribution in [0, 0.1) is 0 Å². The highest BCUT2D eigenvalue weighted by Crippen LogP contribution is 2.44. The lowest BCUT2D eigenvalue weighted by molar-refractivity contribution is 0.398. The Morgan fingerprint density at radius 3 is 2.76 bits per heavy atom. The number of rotatable bonds is 6. The largest absolute Gasteiger partial charge is 0.365 e. The van der Waals surface area contributed by atoms with E-state index >= 15 is 0 Å². The summed E-state index contributed by atoms with van der Waals surface area (Å²) in [7, 11) is -1.85. The number of anilines is 1. The number of sulfonamides is 1. The summed E-state index contributed by atoms with van der Waals surface area (Å²) in [5.74, 6) is 0. The molecule has 1 saturated carbocycles. The Hall–Kier alpha value is -2.23. The molecular weight excluding hydrogens is 406 g/mol. The van der Waals surface area contributed by atoms with Gasteiger partial charge in [0.05, 0.1) is 30.5 Å². The van der Waals surface area contributed by atoms with Gasteiger partial charge in [0.1, 0.15) is 0 Å². The molecule has 1 aromatic carbocycles. The number of hydrogen-bond acceptors (Lipinski definition) is 6. The zero-order chi connectivity index (χ0) is 20.0. The standard InChI is InChI=1S/C20H23N5O2S2/c1-21-20-23-12-19(28-20)29(26,27)25-10-4-7-17(25)15-5-2-3-6-16(15)18-11-22-13-24(18)14-8-9-14/h2-3,5-6,11-14,17H,4,7-10H2,1H3,(H,21,23). The SMILES string of the molecule is CNc1ncc(S(=O)(=O)N2CCCC2c2ccccc2-c2cncn2C2CC2)s1. The van der Waals surface area contributed by atoms with Gasteiger partial charge in [-0.1, -0.05) is 35.6 Å². The first-order valence-electron chi connectivity index (χ1n) is 9.86. The van der Waals surface area contributed by atoms with Gasteiger partial charge in [-0.25, -0.2) is 18.4 Å². The summed E-state index contributed by atoms with van der Waals surface area (Å²) in [5.41, 5.74) is 3.20. The third-order valence-electron chi connectivity index (χ3n) is 5.67. The van der Waals surface area contributed by atoms with Crippen molar-refractivity contribution in [1.82, 2.24) is 18.8 Å². The lowest BCUT2D eigenvalue weighted by Gasteiger charge is -2.25. The molecule has 0 amide bonds. The zero-order valence-corrected chi connectivity index (χ0v) is 17.8. The minimum atomic E-state index is -3.60. The Kier molecular flexibility index (Phi) is 4.68. The number of nitrogens with zero attached hydrogens (tertiary/aromatic N) is 4. The molecule has 0 radical (unpaired) electrons. The van der Waals surface area contributed by atoms with Gasteiger partial charge in [0.15, 0.2) is 9.34 Å². The minimum absolute atomic E-state index is 0.182. The fourth-order valence-corrected chi connectivity index (χ4v) is 6.92. The Bertz CT molecular complexity index is 1130. The monoisotopic (exact) mass is 429 g/mol. The summed E-state index contributed by atoms with van der Waals surface area (Å²) in [6.45, 7) is 0.524. The molecule has 1 aliphatic carbocycles. The fraction of sp³-hybridized carbons (Fsp3) is 0.400. The van der Waals surface area contributed by atoms with E-state index < -0.39 is 10.0 Å². The van der Waals surface area contributed by atoms with E-state index in [-0.39, 0.29) is 10.3 Å². The van der Waals surface area contributed by atoms with Crippen molar-refractivity contribution in [3.63, 3.8) is 0 Å². The number of imidazole rings is 1. The van der Waals surface area contributed by atoms with Crippen LogP contribution in [0.4, 0.5) is 5.13 Å². The van der Waals surface area contributed by atoms with Crippen molar-refractivity contribution in [2.75, 3.05) is 18.9 Å². The quantitative estimate of drug-likeness (QED) is 0.643. The van der Waals surface area contributed by atoms with Crippen LogP contribution in [0.5, 0.6) is 0 Å². The molecule has 0 bridgehead atoms. The molecule has 7 nitrogen and oxygen atoms in total. The first kappa shape index (κ1) is 18.8. The predicted molar refractivity (Wildman–Crippen MR) is 113 cm³/mol. The van der Waals surface area contributed by atoms with Crippen molar-refractivity contribution in [2.24, 2.45) is 0 Å². The summed E-state index contributed by atoms with van der Waals surface area (Å²) in [6.07, 6.45) is 9.25. The average molecular weight is 430 g/mol. The summed E-state index contributed by atoms with van der Waals surface area (Å²) >= 11 is 1.17. The van der Waals surface area contributed by atoms with E-state index in [4.69, 9.17) is 0 Å². The van der Waals surface area contributed by atoms with Gasteiger partial charge in [0.2, 0.25) is 0 Å². The van der Waals surface area contributed by atoms with E-state index in [0.29, 0.717) is 17.7 Å². The topological polar surface area (TPSA) is 80.1 Å².